The van der Waals surface area contributed by atoms with Crippen LogP contribution in [0.5, 0.6) is 5.75 Å². The Hall–Kier alpha value is -4.28. The standard InChI is InChI=1S/C28H30F2N6O3/c1-17-5-8-25(39-27(29)30)21(11-17)16-36-24-12-20(6-7-23(24)26(38)33(36)4)22-13-31-28(32-14-22)34-9-10-35(19(3)37)18(2)15-34/h5-8,11-14,18,27H,9-10,15-16H2,1-4H3/t18-/m1/s1/i4D3. The Morgan fingerprint density at radius 3 is 2.59 bits per heavy atom. The number of carbonyl (C=O) groups excluding carboxylic acids is 1. The number of carbonyl (C=O) groups is 1. The van der Waals surface area contributed by atoms with Crippen LogP contribution in [0.4, 0.5) is 14.7 Å². The second-order valence-corrected chi connectivity index (χ2v) is 9.68. The third kappa shape index (κ3) is 5.21. The summed E-state index contributed by atoms with van der Waals surface area (Å²) in [5.41, 5.74) is 1.88. The van der Waals surface area contributed by atoms with Gasteiger partial charge >= 0.3 is 6.61 Å². The van der Waals surface area contributed by atoms with Crippen LogP contribution in [-0.4, -0.2) is 62.4 Å². The van der Waals surface area contributed by atoms with Gasteiger partial charge in [0.15, 0.2) is 0 Å². The normalized spacial score (nSPS) is 17.3. The van der Waals surface area contributed by atoms with Crippen molar-refractivity contribution in [2.45, 2.75) is 40.0 Å². The first-order chi connectivity index (χ1) is 19.8. The van der Waals surface area contributed by atoms with Gasteiger partial charge in [-0.05, 0) is 37.6 Å². The van der Waals surface area contributed by atoms with E-state index in [9.17, 15) is 18.4 Å². The number of fused-ring (bicyclic) bond motifs is 1. The summed E-state index contributed by atoms with van der Waals surface area (Å²) < 4.78 is 56.9. The minimum atomic E-state index is -3.08. The predicted octanol–water partition coefficient (Wildman–Crippen LogP) is 3.81. The van der Waals surface area contributed by atoms with E-state index >= 15 is 0 Å². The Kier molecular flexibility index (Phi) is 6.09. The largest absolute Gasteiger partial charge is 0.434 e. The number of benzene rings is 2. The molecule has 0 spiro atoms. The monoisotopic (exact) mass is 539 g/mol. The molecule has 3 heterocycles. The van der Waals surface area contributed by atoms with Crippen LogP contribution in [0.1, 0.15) is 29.1 Å². The Morgan fingerprint density at radius 1 is 1.15 bits per heavy atom. The second-order valence-electron chi connectivity index (χ2n) is 9.68. The van der Waals surface area contributed by atoms with E-state index in [1.807, 2.05) is 16.7 Å². The lowest BCUT2D eigenvalue weighted by Crippen LogP contribution is -2.53. The number of rotatable bonds is 6. The second kappa shape index (κ2) is 10.5. The topological polar surface area (TPSA) is 85.5 Å². The molecule has 1 aliphatic rings. The highest BCUT2D eigenvalue weighted by Gasteiger charge is 2.26. The Bertz CT molecular complexity index is 1690. The molecule has 204 valence electrons. The molecule has 0 bridgehead atoms. The van der Waals surface area contributed by atoms with Gasteiger partial charge in [-0.3, -0.25) is 19.0 Å². The van der Waals surface area contributed by atoms with Crippen LogP contribution in [0, 0.1) is 6.92 Å². The van der Waals surface area contributed by atoms with Crippen LogP contribution < -0.4 is 15.2 Å². The summed E-state index contributed by atoms with van der Waals surface area (Å²) in [6.07, 6.45) is 3.29. The number of ether oxygens (including phenoxy) is 1. The third-order valence-electron chi connectivity index (χ3n) is 6.98. The van der Waals surface area contributed by atoms with E-state index in [0.717, 1.165) is 5.56 Å². The lowest BCUT2D eigenvalue weighted by atomic mass is 10.1. The molecular formula is C28H30F2N6O3. The van der Waals surface area contributed by atoms with Crippen molar-refractivity contribution in [2.75, 3.05) is 24.5 Å². The molecule has 0 aliphatic carbocycles. The van der Waals surface area contributed by atoms with E-state index in [2.05, 4.69) is 14.7 Å². The number of aromatic nitrogens is 4. The maximum absolute atomic E-state index is 13.3. The van der Waals surface area contributed by atoms with Gasteiger partial charge in [0.2, 0.25) is 11.9 Å². The molecular weight excluding hydrogens is 506 g/mol. The van der Waals surface area contributed by atoms with Gasteiger partial charge in [-0.15, -0.1) is 0 Å². The minimum absolute atomic E-state index is 0.0148. The average Bonchev–Trinajstić information content (AvgIpc) is 3.20. The van der Waals surface area contributed by atoms with E-state index in [4.69, 9.17) is 4.11 Å². The fraction of sp³-hybridized carbons (Fsp3) is 0.357. The van der Waals surface area contributed by atoms with Gasteiger partial charge in [0.25, 0.3) is 5.56 Å². The van der Waals surface area contributed by atoms with Crippen LogP contribution in [0.2, 0.25) is 0 Å². The molecule has 1 fully saturated rings. The van der Waals surface area contributed by atoms with Crippen molar-refractivity contribution in [3.63, 3.8) is 0 Å². The summed E-state index contributed by atoms with van der Waals surface area (Å²) in [4.78, 5) is 37.9. The predicted molar refractivity (Wildman–Crippen MR) is 144 cm³/mol. The quantitative estimate of drug-likeness (QED) is 0.371. The molecule has 9 nitrogen and oxygen atoms in total. The van der Waals surface area contributed by atoms with Gasteiger partial charge in [-0.1, -0.05) is 23.8 Å². The highest BCUT2D eigenvalue weighted by molar-refractivity contribution is 5.84. The molecule has 5 rings (SSSR count). The summed E-state index contributed by atoms with van der Waals surface area (Å²) >= 11 is 0. The number of halogens is 2. The van der Waals surface area contributed by atoms with Crippen molar-refractivity contribution in [1.82, 2.24) is 24.2 Å². The highest BCUT2D eigenvalue weighted by Crippen LogP contribution is 2.27. The molecule has 0 saturated carbocycles. The molecule has 4 aromatic rings. The molecule has 11 heteroatoms. The van der Waals surface area contributed by atoms with Gasteiger partial charge in [-0.2, -0.15) is 8.78 Å². The summed E-state index contributed by atoms with van der Waals surface area (Å²) in [6.45, 7) is 0.943. The number of nitrogens with zero attached hydrogens (tertiary/aromatic N) is 6. The molecule has 1 amide bonds. The van der Waals surface area contributed by atoms with Gasteiger partial charge in [-0.25, -0.2) is 9.97 Å². The van der Waals surface area contributed by atoms with Gasteiger partial charge in [0.1, 0.15) is 5.75 Å². The van der Waals surface area contributed by atoms with Crippen molar-refractivity contribution < 1.29 is 22.4 Å². The molecule has 1 aliphatic heterocycles. The van der Waals surface area contributed by atoms with Gasteiger partial charge in [0, 0.05) is 67.2 Å². The summed E-state index contributed by atoms with van der Waals surface area (Å²) in [7, 11) is 0. The lowest BCUT2D eigenvalue weighted by molar-refractivity contribution is -0.131. The van der Waals surface area contributed by atoms with Crippen LogP contribution >= 0.6 is 0 Å². The van der Waals surface area contributed by atoms with Crippen molar-refractivity contribution >= 4 is 22.8 Å². The lowest BCUT2D eigenvalue weighted by Gasteiger charge is -2.39. The zero-order valence-corrected chi connectivity index (χ0v) is 21.8. The van der Waals surface area contributed by atoms with Crippen molar-refractivity contribution in [3.8, 4) is 16.9 Å². The van der Waals surface area contributed by atoms with E-state index in [1.54, 1.807) is 50.5 Å². The molecule has 39 heavy (non-hydrogen) atoms. The van der Waals surface area contributed by atoms with Crippen molar-refractivity contribution in [3.05, 3.63) is 70.3 Å². The summed E-state index contributed by atoms with van der Waals surface area (Å²) in [5.74, 6) is 0.437. The first-order valence-corrected chi connectivity index (χ1v) is 12.5. The van der Waals surface area contributed by atoms with E-state index in [1.165, 1.54) is 16.8 Å². The van der Waals surface area contributed by atoms with Crippen LogP contribution in [0.25, 0.3) is 22.0 Å². The molecule has 1 atom stereocenters. The molecule has 0 N–H and O–H groups in total. The van der Waals surface area contributed by atoms with E-state index < -0.39 is 19.1 Å². The minimum Gasteiger partial charge on any atom is -0.434 e. The molecule has 1 saturated heterocycles. The van der Waals surface area contributed by atoms with Gasteiger partial charge < -0.3 is 14.5 Å². The van der Waals surface area contributed by atoms with Crippen molar-refractivity contribution in [1.29, 1.82) is 0 Å². The maximum atomic E-state index is 13.3. The molecule has 2 aromatic carbocycles. The number of piperazine rings is 1. The number of aryl methyl sites for hydroxylation is 1. The van der Waals surface area contributed by atoms with E-state index in [-0.39, 0.29) is 29.6 Å². The first-order valence-electron chi connectivity index (χ1n) is 14.0. The number of alkyl halides is 2. The highest BCUT2D eigenvalue weighted by atomic mass is 19.3. The fourth-order valence-corrected chi connectivity index (χ4v) is 5.04. The Morgan fingerprint density at radius 2 is 1.92 bits per heavy atom. The number of hydrogen-bond acceptors (Lipinski definition) is 6. The Balaban J connectivity index is 1.53. The van der Waals surface area contributed by atoms with Crippen molar-refractivity contribution in [2.24, 2.45) is 6.98 Å². The number of anilines is 1. The van der Waals surface area contributed by atoms with Crippen LogP contribution in [0.3, 0.4) is 0 Å². The number of hydrogen-bond donors (Lipinski definition) is 0. The first kappa shape index (κ1) is 22.7. The molecule has 0 unspecified atom stereocenters. The van der Waals surface area contributed by atoms with Gasteiger partial charge in [0.05, 0.1) is 17.4 Å². The smallest absolute Gasteiger partial charge is 0.387 e. The molecule has 0 radical (unpaired) electrons. The van der Waals surface area contributed by atoms with E-state index in [0.29, 0.717) is 52.5 Å². The van der Waals surface area contributed by atoms with Crippen LogP contribution in [-0.2, 0) is 18.3 Å². The SMILES string of the molecule is [2H]C([2H])([2H])n1c(=O)c2ccc(-c3cnc(N4CCN(C(C)=O)[C@H](C)C4)nc3)cc2n1Cc1cc(C)ccc1OC(F)F. The third-order valence-corrected chi connectivity index (χ3v) is 6.98. The summed E-state index contributed by atoms with van der Waals surface area (Å²) in [6, 6.07) is 9.51. The zero-order valence-electron chi connectivity index (χ0n) is 24.8. The summed E-state index contributed by atoms with van der Waals surface area (Å²) in [5, 5.41) is 0.161. The average molecular weight is 540 g/mol. The van der Waals surface area contributed by atoms with Crippen LogP contribution in [0.15, 0.2) is 53.6 Å². The number of amides is 1. The Labute approximate surface area is 228 Å². The zero-order chi connectivity index (χ0) is 30.3. The fourth-order valence-electron chi connectivity index (χ4n) is 5.04. The maximum Gasteiger partial charge on any atom is 0.387 e. The molecule has 2 aromatic heterocycles.